The van der Waals surface area contributed by atoms with Gasteiger partial charge in [0.1, 0.15) is 37.1 Å². The number of para-hydroxylation sites is 3. The molecule has 1 atom stereocenters. The largest absolute Gasteiger partial charge is 0.490 e. The summed E-state index contributed by atoms with van der Waals surface area (Å²) in [5.41, 5.74) is 1.12. The highest BCUT2D eigenvalue weighted by molar-refractivity contribution is 6.05. The predicted molar refractivity (Wildman–Crippen MR) is 123 cm³/mol. The van der Waals surface area contributed by atoms with E-state index < -0.39 is 0 Å². The van der Waals surface area contributed by atoms with Crippen LogP contribution in [0.2, 0.25) is 0 Å². The minimum Gasteiger partial charge on any atom is -0.490 e. The third-order valence-corrected chi connectivity index (χ3v) is 5.04. The van der Waals surface area contributed by atoms with Crippen molar-refractivity contribution < 1.29 is 23.7 Å². The Balaban J connectivity index is 1.30. The Morgan fingerprint density at radius 2 is 1.62 bits per heavy atom. The van der Waals surface area contributed by atoms with Crippen LogP contribution in [0.15, 0.2) is 78.9 Å². The van der Waals surface area contributed by atoms with Crippen molar-refractivity contribution in [2.45, 2.75) is 18.9 Å². The topological polar surface area (TPSA) is 66.0 Å². The second-order valence-electron chi connectivity index (χ2n) is 7.43. The maximum atomic E-state index is 12.8. The van der Waals surface area contributed by atoms with E-state index in [4.69, 9.17) is 18.9 Å². The van der Waals surface area contributed by atoms with Crippen molar-refractivity contribution in [2.24, 2.45) is 0 Å². The molecule has 1 aliphatic rings. The van der Waals surface area contributed by atoms with Gasteiger partial charge >= 0.3 is 0 Å². The van der Waals surface area contributed by atoms with E-state index in [0.29, 0.717) is 42.6 Å². The molecule has 0 aromatic heterocycles. The van der Waals surface area contributed by atoms with Gasteiger partial charge in [0.15, 0.2) is 0 Å². The molecule has 0 saturated carbocycles. The predicted octanol–water partition coefficient (Wildman–Crippen LogP) is 4.95. The molecule has 0 spiro atoms. The number of ether oxygens (including phenoxy) is 4. The molecule has 0 radical (unpaired) electrons. The second kappa shape index (κ2) is 11.2. The molecular formula is C26H27NO5. The fraction of sp³-hybridized carbons (Fsp3) is 0.269. The highest BCUT2D eigenvalue weighted by atomic mass is 16.5. The van der Waals surface area contributed by atoms with Crippen molar-refractivity contribution in [3.63, 3.8) is 0 Å². The molecule has 1 fully saturated rings. The summed E-state index contributed by atoms with van der Waals surface area (Å²) in [4.78, 5) is 12.8. The van der Waals surface area contributed by atoms with Gasteiger partial charge in [-0.3, -0.25) is 4.79 Å². The van der Waals surface area contributed by atoms with E-state index in [0.717, 1.165) is 25.2 Å². The number of amides is 1. The van der Waals surface area contributed by atoms with Gasteiger partial charge in [-0.25, -0.2) is 0 Å². The van der Waals surface area contributed by atoms with E-state index in [1.807, 2.05) is 60.7 Å². The van der Waals surface area contributed by atoms with Crippen LogP contribution in [0.1, 0.15) is 23.2 Å². The molecule has 0 aliphatic carbocycles. The lowest BCUT2D eigenvalue weighted by Crippen LogP contribution is -2.18. The molecule has 0 bridgehead atoms. The van der Waals surface area contributed by atoms with Crippen molar-refractivity contribution in [2.75, 3.05) is 31.7 Å². The normalized spacial score (nSPS) is 15.2. The fourth-order valence-corrected chi connectivity index (χ4v) is 3.41. The summed E-state index contributed by atoms with van der Waals surface area (Å²) in [6, 6.07) is 24.1. The van der Waals surface area contributed by atoms with Gasteiger partial charge in [-0.2, -0.15) is 0 Å². The van der Waals surface area contributed by atoms with E-state index in [2.05, 4.69) is 5.32 Å². The minimum atomic E-state index is -0.232. The summed E-state index contributed by atoms with van der Waals surface area (Å²) in [6.07, 6.45) is 2.17. The quantitative estimate of drug-likeness (QED) is 0.458. The maximum Gasteiger partial charge on any atom is 0.255 e. The molecule has 1 unspecified atom stereocenters. The average Bonchev–Trinajstić information content (AvgIpc) is 3.36. The molecule has 3 aromatic rings. The fourth-order valence-electron chi connectivity index (χ4n) is 3.41. The van der Waals surface area contributed by atoms with Crippen LogP contribution in [0, 0.1) is 0 Å². The first-order valence-electron chi connectivity index (χ1n) is 10.8. The van der Waals surface area contributed by atoms with Crippen LogP contribution in [0.25, 0.3) is 0 Å². The number of nitrogens with one attached hydrogen (secondary N) is 1. The lowest BCUT2D eigenvalue weighted by molar-refractivity contribution is 0.0682. The number of benzene rings is 3. The molecule has 1 N–H and O–H groups in total. The van der Waals surface area contributed by atoms with Crippen LogP contribution in [-0.4, -0.2) is 38.4 Å². The van der Waals surface area contributed by atoms with E-state index in [1.165, 1.54) is 0 Å². The zero-order chi connectivity index (χ0) is 22.0. The third-order valence-electron chi connectivity index (χ3n) is 5.04. The number of carbonyl (C=O) groups is 1. The van der Waals surface area contributed by atoms with Gasteiger partial charge in [0, 0.05) is 12.2 Å². The highest BCUT2D eigenvalue weighted by Gasteiger charge is 2.17. The zero-order valence-corrected chi connectivity index (χ0v) is 17.9. The lowest BCUT2D eigenvalue weighted by atomic mass is 10.2. The zero-order valence-electron chi connectivity index (χ0n) is 17.9. The highest BCUT2D eigenvalue weighted by Crippen LogP contribution is 2.26. The molecule has 32 heavy (non-hydrogen) atoms. The molecule has 1 amide bonds. The van der Waals surface area contributed by atoms with Crippen molar-refractivity contribution in [1.82, 2.24) is 0 Å². The van der Waals surface area contributed by atoms with E-state index in [1.54, 1.807) is 18.2 Å². The summed E-state index contributed by atoms with van der Waals surface area (Å²) in [5.74, 6) is 1.80. The molecule has 1 heterocycles. The van der Waals surface area contributed by atoms with E-state index in [9.17, 15) is 4.79 Å². The molecule has 1 saturated heterocycles. The van der Waals surface area contributed by atoms with Crippen LogP contribution >= 0.6 is 0 Å². The van der Waals surface area contributed by atoms with Crippen LogP contribution in [0.4, 0.5) is 5.69 Å². The van der Waals surface area contributed by atoms with Crippen molar-refractivity contribution >= 4 is 11.6 Å². The van der Waals surface area contributed by atoms with Gasteiger partial charge in [0.2, 0.25) is 0 Å². The number of hydrogen-bond donors (Lipinski definition) is 1. The summed E-state index contributed by atoms with van der Waals surface area (Å²) < 4.78 is 22.9. The van der Waals surface area contributed by atoms with Crippen molar-refractivity contribution in [3.8, 4) is 17.2 Å². The SMILES string of the molecule is O=C(Nc1ccccc1OCC1CCCO1)c1cccc(OCCOc2ccccc2)c1. The molecule has 6 nitrogen and oxygen atoms in total. The van der Waals surface area contributed by atoms with Gasteiger partial charge in [-0.1, -0.05) is 36.4 Å². The number of carbonyl (C=O) groups excluding carboxylic acids is 1. The first kappa shape index (κ1) is 21.7. The molecule has 6 heteroatoms. The van der Waals surface area contributed by atoms with Gasteiger partial charge in [0.25, 0.3) is 5.91 Å². The molecular weight excluding hydrogens is 406 g/mol. The standard InChI is InChI=1S/C26H27NO5/c28-26(27-24-13-4-5-14-25(24)32-19-23-12-7-15-29-23)20-8-6-11-22(18-20)31-17-16-30-21-9-2-1-3-10-21/h1-6,8-11,13-14,18,23H,7,12,15-17,19H2,(H,27,28). The van der Waals surface area contributed by atoms with Crippen LogP contribution < -0.4 is 19.5 Å². The average molecular weight is 434 g/mol. The Kier molecular flexibility index (Phi) is 7.60. The van der Waals surface area contributed by atoms with Crippen molar-refractivity contribution in [3.05, 3.63) is 84.4 Å². The third kappa shape index (κ3) is 6.25. The Labute approximate surface area is 188 Å². The summed E-state index contributed by atoms with van der Waals surface area (Å²) in [6.45, 7) is 2.04. The lowest BCUT2D eigenvalue weighted by Gasteiger charge is -2.15. The van der Waals surface area contributed by atoms with Gasteiger partial charge in [-0.05, 0) is 55.3 Å². The van der Waals surface area contributed by atoms with E-state index >= 15 is 0 Å². The first-order chi connectivity index (χ1) is 15.8. The minimum absolute atomic E-state index is 0.110. The molecule has 166 valence electrons. The number of hydrogen-bond acceptors (Lipinski definition) is 5. The van der Waals surface area contributed by atoms with Gasteiger partial charge in [-0.15, -0.1) is 0 Å². The maximum absolute atomic E-state index is 12.8. The summed E-state index contributed by atoms with van der Waals surface area (Å²) in [5, 5.41) is 2.93. The smallest absolute Gasteiger partial charge is 0.255 e. The van der Waals surface area contributed by atoms with Gasteiger partial charge in [0.05, 0.1) is 11.8 Å². The first-order valence-corrected chi connectivity index (χ1v) is 10.8. The van der Waals surface area contributed by atoms with E-state index in [-0.39, 0.29) is 12.0 Å². The molecule has 3 aromatic carbocycles. The number of rotatable bonds is 10. The monoisotopic (exact) mass is 433 g/mol. The summed E-state index contributed by atoms with van der Waals surface area (Å²) in [7, 11) is 0. The Bertz CT molecular complexity index is 1000. The summed E-state index contributed by atoms with van der Waals surface area (Å²) >= 11 is 0. The van der Waals surface area contributed by atoms with Crippen LogP contribution in [0.3, 0.4) is 0 Å². The Morgan fingerprint density at radius 3 is 2.44 bits per heavy atom. The Morgan fingerprint density at radius 1 is 0.875 bits per heavy atom. The van der Waals surface area contributed by atoms with Crippen molar-refractivity contribution in [1.29, 1.82) is 0 Å². The van der Waals surface area contributed by atoms with Crippen LogP contribution in [-0.2, 0) is 4.74 Å². The number of anilines is 1. The van der Waals surface area contributed by atoms with Gasteiger partial charge < -0.3 is 24.3 Å². The molecule has 4 rings (SSSR count). The Hall–Kier alpha value is -3.51. The van der Waals surface area contributed by atoms with Crippen LogP contribution in [0.5, 0.6) is 17.2 Å². The second-order valence-corrected chi connectivity index (χ2v) is 7.43. The molecule has 1 aliphatic heterocycles.